The van der Waals surface area contributed by atoms with Crippen LogP contribution in [0.5, 0.6) is 5.75 Å². The van der Waals surface area contributed by atoms with Crippen LogP contribution in [0.25, 0.3) is 0 Å². The van der Waals surface area contributed by atoms with Crippen molar-refractivity contribution >= 4 is 11.6 Å². The summed E-state index contributed by atoms with van der Waals surface area (Å²) in [4.78, 5) is 12.1. The maximum atomic E-state index is 13.0. The van der Waals surface area contributed by atoms with Crippen molar-refractivity contribution in [2.75, 3.05) is 12.8 Å². The van der Waals surface area contributed by atoms with Crippen molar-refractivity contribution < 1.29 is 13.9 Å². The average molecular weight is 288 g/mol. The van der Waals surface area contributed by atoms with Crippen molar-refractivity contribution in [2.24, 2.45) is 0 Å². The van der Waals surface area contributed by atoms with Gasteiger partial charge >= 0.3 is 0 Å². The Kier molecular flexibility index (Phi) is 4.42. The van der Waals surface area contributed by atoms with Crippen LogP contribution in [0.1, 0.15) is 28.9 Å². The first-order valence-corrected chi connectivity index (χ1v) is 6.51. The molecule has 0 aromatic heterocycles. The average Bonchev–Trinajstić information content (AvgIpc) is 2.47. The molecule has 1 amide bonds. The van der Waals surface area contributed by atoms with E-state index in [0.717, 1.165) is 17.4 Å². The molecule has 0 aliphatic heterocycles. The van der Waals surface area contributed by atoms with E-state index in [1.807, 2.05) is 31.2 Å². The fourth-order valence-electron chi connectivity index (χ4n) is 1.99. The largest absolute Gasteiger partial charge is 0.497 e. The number of halogens is 1. The Bertz CT molecular complexity index is 641. The van der Waals surface area contributed by atoms with E-state index < -0.39 is 5.82 Å². The summed E-state index contributed by atoms with van der Waals surface area (Å²) in [6.45, 7) is 1.86. The topological polar surface area (TPSA) is 64.3 Å². The number of anilines is 1. The van der Waals surface area contributed by atoms with Gasteiger partial charge in [-0.2, -0.15) is 0 Å². The molecular weight excluding hydrogens is 271 g/mol. The Morgan fingerprint density at radius 3 is 2.48 bits per heavy atom. The summed E-state index contributed by atoms with van der Waals surface area (Å²) in [6, 6.07) is 10.9. The summed E-state index contributed by atoms with van der Waals surface area (Å²) in [5.41, 5.74) is 6.97. The summed E-state index contributed by atoms with van der Waals surface area (Å²) in [5, 5.41) is 2.83. The molecule has 0 aliphatic rings. The zero-order valence-corrected chi connectivity index (χ0v) is 11.9. The predicted molar refractivity (Wildman–Crippen MR) is 79.7 cm³/mol. The van der Waals surface area contributed by atoms with Gasteiger partial charge in [0.15, 0.2) is 0 Å². The Labute approximate surface area is 122 Å². The van der Waals surface area contributed by atoms with Crippen LogP contribution < -0.4 is 15.8 Å². The second kappa shape index (κ2) is 6.26. The van der Waals surface area contributed by atoms with Crippen molar-refractivity contribution in [2.45, 2.75) is 13.0 Å². The Morgan fingerprint density at radius 1 is 1.24 bits per heavy atom. The van der Waals surface area contributed by atoms with Crippen molar-refractivity contribution in [3.8, 4) is 5.75 Å². The molecule has 0 fully saturated rings. The van der Waals surface area contributed by atoms with E-state index in [9.17, 15) is 9.18 Å². The Hall–Kier alpha value is -2.56. The fraction of sp³-hybridized carbons (Fsp3) is 0.188. The van der Waals surface area contributed by atoms with Crippen LogP contribution in [0.3, 0.4) is 0 Å². The van der Waals surface area contributed by atoms with Gasteiger partial charge in [-0.1, -0.05) is 12.1 Å². The monoisotopic (exact) mass is 288 g/mol. The Morgan fingerprint density at radius 2 is 1.90 bits per heavy atom. The van der Waals surface area contributed by atoms with Crippen molar-refractivity contribution in [3.05, 3.63) is 59.4 Å². The van der Waals surface area contributed by atoms with Gasteiger partial charge in [0.05, 0.1) is 18.7 Å². The van der Waals surface area contributed by atoms with E-state index in [1.54, 1.807) is 7.11 Å². The Balaban J connectivity index is 2.10. The zero-order valence-electron chi connectivity index (χ0n) is 11.9. The number of carbonyl (C=O) groups excluding carboxylic acids is 1. The highest BCUT2D eigenvalue weighted by molar-refractivity contribution is 5.99. The van der Waals surface area contributed by atoms with E-state index in [4.69, 9.17) is 10.5 Å². The zero-order chi connectivity index (χ0) is 15.4. The minimum atomic E-state index is -0.466. The van der Waals surface area contributed by atoms with Crippen LogP contribution in [0.2, 0.25) is 0 Å². The van der Waals surface area contributed by atoms with Gasteiger partial charge in [0, 0.05) is 5.69 Å². The van der Waals surface area contributed by atoms with Gasteiger partial charge in [-0.05, 0) is 42.8 Å². The van der Waals surface area contributed by atoms with Crippen molar-refractivity contribution in [1.82, 2.24) is 5.32 Å². The lowest BCUT2D eigenvalue weighted by molar-refractivity contribution is 0.0941. The summed E-state index contributed by atoms with van der Waals surface area (Å²) < 4.78 is 18.1. The molecule has 0 unspecified atom stereocenters. The highest BCUT2D eigenvalue weighted by Gasteiger charge is 2.14. The predicted octanol–water partition coefficient (Wildman–Crippen LogP) is 2.91. The molecule has 4 nitrogen and oxygen atoms in total. The fourth-order valence-corrected chi connectivity index (χ4v) is 1.99. The van der Waals surface area contributed by atoms with E-state index >= 15 is 0 Å². The molecule has 0 bridgehead atoms. The van der Waals surface area contributed by atoms with E-state index in [-0.39, 0.29) is 23.2 Å². The van der Waals surface area contributed by atoms with Crippen LogP contribution in [-0.2, 0) is 0 Å². The van der Waals surface area contributed by atoms with E-state index in [0.29, 0.717) is 0 Å². The normalized spacial score (nSPS) is 11.8. The summed E-state index contributed by atoms with van der Waals surface area (Å²) in [7, 11) is 1.59. The maximum absolute atomic E-state index is 13.0. The number of rotatable bonds is 4. The third-order valence-electron chi connectivity index (χ3n) is 3.22. The molecular formula is C16H17FN2O2. The van der Waals surface area contributed by atoms with Gasteiger partial charge in [0.25, 0.3) is 5.91 Å². The number of ether oxygens (including phenoxy) is 1. The molecule has 21 heavy (non-hydrogen) atoms. The van der Waals surface area contributed by atoms with Crippen LogP contribution in [0, 0.1) is 5.82 Å². The molecule has 110 valence electrons. The number of methoxy groups -OCH3 is 1. The van der Waals surface area contributed by atoms with Crippen LogP contribution >= 0.6 is 0 Å². The number of carbonyl (C=O) groups is 1. The minimum absolute atomic E-state index is 0.120. The maximum Gasteiger partial charge on any atom is 0.253 e. The number of hydrogen-bond acceptors (Lipinski definition) is 3. The summed E-state index contributed by atoms with van der Waals surface area (Å²) in [6.07, 6.45) is 0. The molecule has 0 radical (unpaired) electrons. The SMILES string of the molecule is COc1ccc([C@H](C)NC(=O)c2ccc(F)cc2N)cc1. The van der Waals surface area contributed by atoms with Gasteiger partial charge in [0.1, 0.15) is 11.6 Å². The molecule has 0 heterocycles. The number of nitrogen functional groups attached to an aromatic ring is 1. The summed E-state index contributed by atoms with van der Waals surface area (Å²) >= 11 is 0. The number of nitrogens with two attached hydrogens (primary N) is 1. The molecule has 0 saturated carbocycles. The lowest BCUT2D eigenvalue weighted by Gasteiger charge is -2.15. The third kappa shape index (κ3) is 3.51. The second-order valence-corrected chi connectivity index (χ2v) is 4.70. The molecule has 2 aromatic rings. The molecule has 0 aliphatic carbocycles. The lowest BCUT2D eigenvalue weighted by Crippen LogP contribution is -2.27. The van der Waals surface area contributed by atoms with E-state index in [1.165, 1.54) is 12.1 Å². The smallest absolute Gasteiger partial charge is 0.253 e. The summed E-state index contributed by atoms with van der Waals surface area (Å²) in [5.74, 6) is -0.0527. The van der Waals surface area contributed by atoms with Gasteiger partial charge in [-0.15, -0.1) is 0 Å². The highest BCUT2D eigenvalue weighted by atomic mass is 19.1. The van der Waals surface area contributed by atoms with Gasteiger partial charge in [-0.3, -0.25) is 4.79 Å². The van der Waals surface area contributed by atoms with Crippen LogP contribution in [-0.4, -0.2) is 13.0 Å². The quantitative estimate of drug-likeness (QED) is 0.850. The highest BCUT2D eigenvalue weighted by Crippen LogP contribution is 2.19. The number of nitrogens with one attached hydrogen (secondary N) is 1. The molecule has 1 atom stereocenters. The lowest BCUT2D eigenvalue weighted by atomic mass is 10.1. The first-order chi connectivity index (χ1) is 10.0. The molecule has 2 aromatic carbocycles. The number of amides is 1. The van der Waals surface area contributed by atoms with Crippen molar-refractivity contribution in [1.29, 1.82) is 0 Å². The van der Waals surface area contributed by atoms with Gasteiger partial charge in [0.2, 0.25) is 0 Å². The standard InChI is InChI=1S/C16H17FN2O2/c1-10(11-3-6-13(21-2)7-4-11)19-16(20)14-8-5-12(17)9-15(14)18/h3-10H,18H2,1-2H3,(H,19,20)/t10-/m0/s1. The van der Waals surface area contributed by atoms with Gasteiger partial charge in [-0.25, -0.2) is 4.39 Å². The van der Waals surface area contributed by atoms with Gasteiger partial charge < -0.3 is 15.8 Å². The van der Waals surface area contributed by atoms with Crippen LogP contribution in [0.15, 0.2) is 42.5 Å². The second-order valence-electron chi connectivity index (χ2n) is 4.70. The number of benzene rings is 2. The number of hydrogen-bond donors (Lipinski definition) is 2. The van der Waals surface area contributed by atoms with E-state index in [2.05, 4.69) is 5.32 Å². The first kappa shape index (κ1) is 14.8. The molecule has 2 rings (SSSR count). The first-order valence-electron chi connectivity index (χ1n) is 6.51. The molecule has 0 saturated heterocycles. The van der Waals surface area contributed by atoms with Crippen LogP contribution in [0.4, 0.5) is 10.1 Å². The molecule has 5 heteroatoms. The molecule has 0 spiro atoms. The molecule has 3 N–H and O–H groups in total. The van der Waals surface area contributed by atoms with Crippen molar-refractivity contribution in [3.63, 3.8) is 0 Å². The minimum Gasteiger partial charge on any atom is -0.497 e. The third-order valence-corrected chi connectivity index (χ3v) is 3.22.